The number of anilines is 1. The minimum absolute atomic E-state index is 0.122. The summed E-state index contributed by atoms with van der Waals surface area (Å²) >= 11 is 0. The molecule has 178 valence electrons. The summed E-state index contributed by atoms with van der Waals surface area (Å²) < 4.78 is 1.75. The largest absolute Gasteiger partial charge is 0.357 e. The SMILES string of the molecule is Cc1nn(-c2ccccn2)c2nc(C3CC3)cc(C(=O)NCc3ccc(N4CCCCC4)nc3)c12. The minimum Gasteiger partial charge on any atom is -0.357 e. The van der Waals surface area contributed by atoms with Crippen molar-refractivity contribution in [3.8, 4) is 5.82 Å². The molecule has 1 saturated carbocycles. The van der Waals surface area contributed by atoms with Crippen molar-refractivity contribution in [3.05, 3.63) is 71.3 Å². The summed E-state index contributed by atoms with van der Waals surface area (Å²) in [5.41, 5.74) is 4.00. The van der Waals surface area contributed by atoms with E-state index in [1.807, 2.05) is 37.4 Å². The molecule has 1 aliphatic heterocycles. The molecule has 4 aromatic rings. The molecule has 1 saturated heterocycles. The molecule has 1 aliphatic carbocycles. The van der Waals surface area contributed by atoms with E-state index in [1.165, 1.54) is 19.3 Å². The number of aromatic nitrogens is 5. The van der Waals surface area contributed by atoms with E-state index in [4.69, 9.17) is 10.1 Å². The number of carbonyl (C=O) groups excluding carboxylic acids is 1. The van der Waals surface area contributed by atoms with Crippen molar-refractivity contribution in [3.63, 3.8) is 0 Å². The van der Waals surface area contributed by atoms with E-state index in [0.717, 1.165) is 54.1 Å². The van der Waals surface area contributed by atoms with Gasteiger partial charge in [-0.15, -0.1) is 0 Å². The molecule has 8 nitrogen and oxygen atoms in total. The lowest BCUT2D eigenvalue weighted by Crippen LogP contribution is -2.30. The van der Waals surface area contributed by atoms with E-state index in [1.54, 1.807) is 10.9 Å². The fourth-order valence-corrected chi connectivity index (χ4v) is 4.82. The highest BCUT2D eigenvalue weighted by atomic mass is 16.1. The van der Waals surface area contributed by atoms with Crippen LogP contribution in [0.1, 0.15) is 65.3 Å². The maximum Gasteiger partial charge on any atom is 0.252 e. The first kappa shape index (κ1) is 21.7. The Hall–Kier alpha value is -3.81. The minimum atomic E-state index is -0.122. The monoisotopic (exact) mass is 467 g/mol. The molecule has 0 atom stereocenters. The predicted molar refractivity (Wildman–Crippen MR) is 135 cm³/mol. The summed E-state index contributed by atoms with van der Waals surface area (Å²) in [7, 11) is 0. The van der Waals surface area contributed by atoms with E-state index >= 15 is 0 Å². The Labute approximate surface area is 204 Å². The highest BCUT2D eigenvalue weighted by Gasteiger charge is 2.29. The van der Waals surface area contributed by atoms with Gasteiger partial charge in [-0.05, 0) is 68.9 Å². The van der Waals surface area contributed by atoms with Gasteiger partial charge >= 0.3 is 0 Å². The van der Waals surface area contributed by atoms with Gasteiger partial charge in [0.05, 0.1) is 16.6 Å². The maximum atomic E-state index is 13.4. The Morgan fingerprint density at radius 1 is 1.06 bits per heavy atom. The number of nitrogens with zero attached hydrogens (tertiary/aromatic N) is 6. The summed E-state index contributed by atoms with van der Waals surface area (Å²) in [5, 5.41) is 8.56. The van der Waals surface area contributed by atoms with E-state index in [2.05, 4.69) is 32.3 Å². The van der Waals surface area contributed by atoms with Crippen molar-refractivity contribution in [1.82, 2.24) is 30.0 Å². The van der Waals surface area contributed by atoms with E-state index < -0.39 is 0 Å². The first-order valence-corrected chi connectivity index (χ1v) is 12.5. The van der Waals surface area contributed by atoms with Crippen LogP contribution in [0.3, 0.4) is 0 Å². The van der Waals surface area contributed by atoms with E-state index in [-0.39, 0.29) is 5.91 Å². The second-order valence-electron chi connectivity index (χ2n) is 9.51. The molecule has 0 unspecified atom stereocenters. The van der Waals surface area contributed by atoms with Gasteiger partial charge in [0.1, 0.15) is 5.82 Å². The zero-order chi connectivity index (χ0) is 23.8. The molecule has 1 amide bonds. The van der Waals surface area contributed by atoms with E-state index in [9.17, 15) is 4.79 Å². The molecule has 8 heteroatoms. The Bertz CT molecular complexity index is 1350. The standard InChI is InChI=1S/C27H29N7O/c1-18-25-21(27(35)30-17-19-8-11-23(29-16-19)33-13-5-2-6-14-33)15-22(20-9-10-20)31-26(25)34(32-18)24-7-3-4-12-28-24/h3-4,7-8,11-12,15-16,20H,2,5-6,9-10,13-14,17H2,1H3,(H,30,35). The summed E-state index contributed by atoms with van der Waals surface area (Å²) in [6.07, 6.45) is 9.55. The molecule has 0 bridgehead atoms. The maximum absolute atomic E-state index is 13.4. The van der Waals surface area contributed by atoms with Crippen molar-refractivity contribution in [2.75, 3.05) is 18.0 Å². The van der Waals surface area contributed by atoms with Crippen LogP contribution in [0, 0.1) is 6.92 Å². The molecule has 35 heavy (non-hydrogen) atoms. The van der Waals surface area contributed by atoms with Crippen LogP contribution in [0.25, 0.3) is 16.9 Å². The van der Waals surface area contributed by atoms with Gasteiger partial charge in [-0.3, -0.25) is 4.79 Å². The lowest BCUT2D eigenvalue weighted by Gasteiger charge is -2.27. The topological polar surface area (TPSA) is 88.8 Å². The highest BCUT2D eigenvalue weighted by Crippen LogP contribution is 2.40. The number of aryl methyl sites for hydroxylation is 1. The second kappa shape index (κ2) is 9.09. The number of hydrogen-bond acceptors (Lipinski definition) is 6. The Morgan fingerprint density at radius 2 is 1.91 bits per heavy atom. The normalized spacial score (nSPS) is 16.0. The number of piperidine rings is 1. The zero-order valence-corrected chi connectivity index (χ0v) is 19.9. The third-order valence-corrected chi connectivity index (χ3v) is 6.88. The van der Waals surface area contributed by atoms with Crippen molar-refractivity contribution >= 4 is 22.8 Å². The number of nitrogens with one attached hydrogen (secondary N) is 1. The van der Waals surface area contributed by atoms with Crippen LogP contribution in [-0.4, -0.2) is 43.7 Å². The molecular weight excluding hydrogens is 438 g/mol. The highest BCUT2D eigenvalue weighted by molar-refractivity contribution is 6.06. The number of fused-ring (bicyclic) bond motifs is 1. The smallest absolute Gasteiger partial charge is 0.252 e. The quantitative estimate of drug-likeness (QED) is 0.454. The van der Waals surface area contributed by atoms with Gasteiger partial charge in [0, 0.05) is 43.6 Å². The van der Waals surface area contributed by atoms with Gasteiger partial charge in [0.2, 0.25) is 0 Å². The summed E-state index contributed by atoms with van der Waals surface area (Å²) in [4.78, 5) is 29.8. The molecule has 6 rings (SSSR count). The Morgan fingerprint density at radius 3 is 2.63 bits per heavy atom. The molecule has 1 N–H and O–H groups in total. The van der Waals surface area contributed by atoms with Crippen LogP contribution in [0.5, 0.6) is 0 Å². The number of hydrogen-bond donors (Lipinski definition) is 1. The van der Waals surface area contributed by atoms with E-state index in [0.29, 0.717) is 29.5 Å². The summed E-state index contributed by atoms with van der Waals surface area (Å²) in [6, 6.07) is 11.8. The van der Waals surface area contributed by atoms with Crippen molar-refractivity contribution in [2.24, 2.45) is 0 Å². The van der Waals surface area contributed by atoms with Crippen molar-refractivity contribution in [1.29, 1.82) is 0 Å². The van der Waals surface area contributed by atoms with Crippen LogP contribution in [0.4, 0.5) is 5.82 Å². The zero-order valence-electron chi connectivity index (χ0n) is 19.9. The second-order valence-corrected chi connectivity index (χ2v) is 9.51. The first-order valence-electron chi connectivity index (χ1n) is 12.5. The lowest BCUT2D eigenvalue weighted by atomic mass is 10.1. The van der Waals surface area contributed by atoms with Crippen LogP contribution in [-0.2, 0) is 6.54 Å². The molecule has 2 fully saturated rings. The fraction of sp³-hybridized carbons (Fsp3) is 0.370. The molecule has 0 spiro atoms. The van der Waals surface area contributed by atoms with Crippen LogP contribution in [0.2, 0.25) is 0 Å². The summed E-state index contributed by atoms with van der Waals surface area (Å²) in [6.45, 7) is 4.47. The number of pyridine rings is 3. The number of rotatable bonds is 6. The van der Waals surface area contributed by atoms with Gasteiger partial charge in [0.15, 0.2) is 11.5 Å². The van der Waals surface area contributed by atoms with Crippen LogP contribution < -0.4 is 10.2 Å². The fourth-order valence-electron chi connectivity index (χ4n) is 4.82. The Balaban J connectivity index is 1.27. The third-order valence-electron chi connectivity index (χ3n) is 6.88. The Kier molecular flexibility index (Phi) is 5.64. The molecule has 4 aromatic heterocycles. The van der Waals surface area contributed by atoms with Gasteiger partial charge in [-0.1, -0.05) is 12.1 Å². The molecule has 2 aliphatic rings. The first-order chi connectivity index (χ1) is 17.2. The molecule has 0 aromatic carbocycles. The molecule has 0 radical (unpaired) electrons. The molecule has 5 heterocycles. The van der Waals surface area contributed by atoms with Gasteiger partial charge in [-0.2, -0.15) is 9.78 Å². The summed E-state index contributed by atoms with van der Waals surface area (Å²) in [5.74, 6) is 1.99. The average molecular weight is 468 g/mol. The van der Waals surface area contributed by atoms with Crippen molar-refractivity contribution in [2.45, 2.75) is 51.5 Å². The van der Waals surface area contributed by atoms with Gasteiger partial charge in [0.25, 0.3) is 5.91 Å². The molecular formula is C27H29N7O. The third kappa shape index (κ3) is 4.36. The van der Waals surface area contributed by atoms with Crippen LogP contribution in [0.15, 0.2) is 48.8 Å². The predicted octanol–water partition coefficient (Wildman–Crippen LogP) is 4.32. The van der Waals surface area contributed by atoms with Gasteiger partial charge < -0.3 is 10.2 Å². The lowest BCUT2D eigenvalue weighted by molar-refractivity contribution is 0.0952. The van der Waals surface area contributed by atoms with Crippen LogP contribution >= 0.6 is 0 Å². The number of amides is 1. The number of carbonyl (C=O) groups is 1. The average Bonchev–Trinajstić information content (AvgIpc) is 3.71. The van der Waals surface area contributed by atoms with Gasteiger partial charge in [-0.25, -0.2) is 15.0 Å². The van der Waals surface area contributed by atoms with Crippen molar-refractivity contribution < 1.29 is 4.79 Å².